The molecule has 2 aromatic rings. The van der Waals surface area contributed by atoms with Crippen molar-refractivity contribution >= 4 is 23.0 Å². The highest BCUT2D eigenvalue weighted by atomic mass is 19.1. The van der Waals surface area contributed by atoms with Crippen molar-refractivity contribution in [2.45, 2.75) is 52.9 Å². The molecule has 1 amide bonds. The van der Waals surface area contributed by atoms with Crippen LogP contribution in [0.5, 0.6) is 5.75 Å². The molecule has 1 heterocycles. The Bertz CT molecular complexity index is 1120. The molecule has 0 saturated carbocycles. The Morgan fingerprint density at radius 1 is 1.11 bits per heavy atom. The minimum absolute atomic E-state index is 0.178. The highest BCUT2D eigenvalue weighted by molar-refractivity contribution is 6.54. The monoisotopic (exact) mass is 480 g/mol. The van der Waals surface area contributed by atoms with Crippen molar-refractivity contribution in [1.29, 1.82) is 0 Å². The maximum Gasteiger partial charge on any atom is 0.257 e. The van der Waals surface area contributed by atoms with Gasteiger partial charge in [-0.1, -0.05) is 25.1 Å². The number of aryl methyl sites for hydroxylation is 1. The topological polar surface area (TPSA) is 89.7 Å². The van der Waals surface area contributed by atoms with Crippen molar-refractivity contribution in [2.75, 3.05) is 13.1 Å². The first-order chi connectivity index (χ1) is 16.8. The number of rotatable bonds is 9. The summed E-state index contributed by atoms with van der Waals surface area (Å²) in [5, 5.41) is 0. The van der Waals surface area contributed by atoms with E-state index >= 15 is 0 Å². The first-order valence-corrected chi connectivity index (χ1v) is 12.1. The fourth-order valence-electron chi connectivity index (χ4n) is 4.60. The zero-order valence-electron chi connectivity index (χ0n) is 20.6. The summed E-state index contributed by atoms with van der Waals surface area (Å²) in [5.74, 6) is 4.63. The molecule has 2 aromatic carbocycles. The molecule has 186 valence electrons. The first kappa shape index (κ1) is 26.3. The van der Waals surface area contributed by atoms with Crippen LogP contribution in [0.15, 0.2) is 42.5 Å². The minimum Gasteiger partial charge on any atom is -0.411 e. The number of ketones is 2. The van der Waals surface area contributed by atoms with Crippen molar-refractivity contribution < 1.29 is 23.6 Å². The van der Waals surface area contributed by atoms with Gasteiger partial charge in [0.15, 0.2) is 5.75 Å². The predicted octanol–water partition coefficient (Wildman–Crippen LogP) is 4.82. The van der Waals surface area contributed by atoms with E-state index in [0.29, 0.717) is 36.6 Å². The normalized spacial score (nSPS) is 14.7. The molecule has 2 N–H and O–H groups in total. The summed E-state index contributed by atoms with van der Waals surface area (Å²) in [6, 6.07) is 9.78. The lowest BCUT2D eigenvalue weighted by molar-refractivity contribution is -0.133. The van der Waals surface area contributed by atoms with Gasteiger partial charge in [0, 0.05) is 25.1 Å². The number of carbonyl (C=O) groups excluding carboxylic acids is 3. The van der Waals surface area contributed by atoms with E-state index < -0.39 is 11.6 Å². The second-order valence-corrected chi connectivity index (χ2v) is 9.05. The van der Waals surface area contributed by atoms with E-state index in [-0.39, 0.29) is 35.0 Å². The summed E-state index contributed by atoms with van der Waals surface area (Å²) in [6.45, 7) is 6.48. The lowest BCUT2D eigenvalue weighted by Crippen LogP contribution is -2.39. The van der Waals surface area contributed by atoms with Crippen LogP contribution >= 0.6 is 0 Å². The summed E-state index contributed by atoms with van der Waals surface area (Å²) >= 11 is 0. The molecule has 3 rings (SSSR count). The van der Waals surface area contributed by atoms with Gasteiger partial charge in [0.2, 0.25) is 11.6 Å². The second-order valence-electron chi connectivity index (χ2n) is 9.05. The molecular formula is C28H33FN2O4. The molecule has 0 radical (unpaired) electrons. The van der Waals surface area contributed by atoms with Gasteiger partial charge in [-0.15, -0.1) is 0 Å². The Hall–Kier alpha value is -3.32. The number of piperidine rings is 1. The molecule has 1 fully saturated rings. The smallest absolute Gasteiger partial charge is 0.257 e. The zero-order chi connectivity index (χ0) is 25.5. The number of carbonyl (C=O) groups is 3. The van der Waals surface area contributed by atoms with Crippen molar-refractivity contribution in [2.24, 2.45) is 11.8 Å². The van der Waals surface area contributed by atoms with Crippen LogP contribution in [0.25, 0.3) is 5.57 Å². The number of hydrogen-bond acceptors (Lipinski definition) is 5. The highest BCUT2D eigenvalue weighted by Crippen LogP contribution is 2.31. The predicted molar refractivity (Wildman–Crippen MR) is 133 cm³/mol. The molecule has 0 aromatic heterocycles. The van der Waals surface area contributed by atoms with Crippen molar-refractivity contribution in [3.05, 3.63) is 70.5 Å². The van der Waals surface area contributed by atoms with Crippen LogP contribution in [-0.4, -0.2) is 35.5 Å². The molecule has 7 heteroatoms. The Morgan fingerprint density at radius 2 is 1.77 bits per heavy atom. The maximum atomic E-state index is 13.4. The van der Waals surface area contributed by atoms with Crippen LogP contribution in [0.3, 0.4) is 0 Å². The molecule has 0 unspecified atom stereocenters. The standard InChI is InChI=1S/C28H33FN2O4/c1-4-6-25(32)27(33)22(5-2)23-17-24(26(35-30)15-18(23)3)28(34)31-13-11-20(12-14-31)16-19-7-9-21(29)10-8-19/h5,7-10,15,17,20H,4,6,11-14,16,30H2,1-3H3/b22-5+. The van der Waals surface area contributed by atoms with Gasteiger partial charge in [-0.2, -0.15) is 5.90 Å². The van der Waals surface area contributed by atoms with Gasteiger partial charge in [-0.3, -0.25) is 14.4 Å². The lowest BCUT2D eigenvalue weighted by atomic mass is 9.89. The SMILES string of the molecule is C/C=C(/C(=O)C(=O)CCC)c1cc(C(=O)N2CCC(Cc3ccc(F)cc3)CC2)c(ON)cc1C. The second kappa shape index (κ2) is 11.9. The van der Waals surface area contributed by atoms with Crippen molar-refractivity contribution in [3.63, 3.8) is 0 Å². The number of amides is 1. The number of hydrogen-bond donors (Lipinski definition) is 1. The molecule has 35 heavy (non-hydrogen) atoms. The number of halogens is 1. The number of allylic oxidation sites excluding steroid dienone is 2. The third kappa shape index (κ3) is 6.22. The Morgan fingerprint density at radius 3 is 2.34 bits per heavy atom. The fourth-order valence-corrected chi connectivity index (χ4v) is 4.60. The third-order valence-electron chi connectivity index (χ3n) is 6.58. The quantitative estimate of drug-likeness (QED) is 0.316. The highest BCUT2D eigenvalue weighted by Gasteiger charge is 2.28. The third-order valence-corrected chi connectivity index (χ3v) is 6.58. The molecule has 0 atom stereocenters. The molecule has 0 bridgehead atoms. The number of benzene rings is 2. The summed E-state index contributed by atoms with van der Waals surface area (Å²) in [6.07, 6.45) is 4.86. The van der Waals surface area contributed by atoms with Gasteiger partial charge in [0.25, 0.3) is 5.91 Å². The lowest BCUT2D eigenvalue weighted by Gasteiger charge is -2.32. The van der Waals surface area contributed by atoms with Gasteiger partial charge in [-0.05, 0) is 86.4 Å². The van der Waals surface area contributed by atoms with Gasteiger partial charge < -0.3 is 9.74 Å². The van der Waals surface area contributed by atoms with E-state index in [1.807, 2.05) is 6.92 Å². The molecular weight excluding hydrogens is 447 g/mol. The summed E-state index contributed by atoms with van der Waals surface area (Å²) in [5.41, 5.74) is 2.83. The average Bonchev–Trinajstić information content (AvgIpc) is 2.86. The van der Waals surface area contributed by atoms with Crippen molar-refractivity contribution in [1.82, 2.24) is 4.90 Å². The van der Waals surface area contributed by atoms with Gasteiger partial charge in [0.05, 0.1) is 5.56 Å². The molecule has 0 aliphatic carbocycles. The molecule has 0 spiro atoms. The summed E-state index contributed by atoms with van der Waals surface area (Å²) in [4.78, 5) is 45.3. The van der Waals surface area contributed by atoms with E-state index in [9.17, 15) is 18.8 Å². The van der Waals surface area contributed by atoms with E-state index in [1.165, 1.54) is 12.1 Å². The van der Waals surface area contributed by atoms with E-state index in [4.69, 9.17) is 10.7 Å². The molecule has 1 aliphatic rings. The van der Waals surface area contributed by atoms with E-state index in [0.717, 1.165) is 24.8 Å². The number of nitrogens with zero attached hydrogens (tertiary/aromatic N) is 1. The molecule has 1 aliphatic heterocycles. The molecule has 1 saturated heterocycles. The van der Waals surface area contributed by atoms with Crippen LogP contribution < -0.4 is 10.7 Å². The number of likely N-dealkylation sites (tertiary alicyclic amines) is 1. The Kier molecular flexibility index (Phi) is 8.93. The fraction of sp³-hybridized carbons (Fsp3) is 0.393. The number of Topliss-reactive ketones (excluding diaryl/α,β-unsaturated/α-hetero) is 2. The van der Waals surface area contributed by atoms with Crippen LogP contribution in [0.1, 0.15) is 66.6 Å². The average molecular weight is 481 g/mol. The maximum absolute atomic E-state index is 13.4. The van der Waals surface area contributed by atoms with E-state index in [1.54, 1.807) is 49.1 Å². The van der Waals surface area contributed by atoms with Gasteiger partial charge in [0.1, 0.15) is 5.82 Å². The van der Waals surface area contributed by atoms with Crippen molar-refractivity contribution in [3.8, 4) is 5.75 Å². The Labute approximate surface area is 205 Å². The Balaban J connectivity index is 1.78. The molecule has 6 nitrogen and oxygen atoms in total. The number of nitrogens with two attached hydrogens (primary N) is 1. The zero-order valence-corrected chi connectivity index (χ0v) is 20.6. The van der Waals surface area contributed by atoms with Crippen LogP contribution in [-0.2, 0) is 16.0 Å². The minimum atomic E-state index is -0.557. The van der Waals surface area contributed by atoms with Gasteiger partial charge >= 0.3 is 0 Å². The first-order valence-electron chi connectivity index (χ1n) is 12.1. The van der Waals surface area contributed by atoms with Gasteiger partial charge in [-0.25, -0.2) is 4.39 Å². The van der Waals surface area contributed by atoms with E-state index in [2.05, 4.69) is 0 Å². The van der Waals surface area contributed by atoms with Crippen LogP contribution in [0.2, 0.25) is 0 Å². The summed E-state index contributed by atoms with van der Waals surface area (Å²) in [7, 11) is 0. The largest absolute Gasteiger partial charge is 0.411 e. The summed E-state index contributed by atoms with van der Waals surface area (Å²) < 4.78 is 13.2. The van der Waals surface area contributed by atoms with Crippen LogP contribution in [0.4, 0.5) is 4.39 Å². The van der Waals surface area contributed by atoms with Crippen LogP contribution in [0, 0.1) is 18.7 Å².